The van der Waals surface area contributed by atoms with E-state index in [2.05, 4.69) is 143 Å². The third-order valence-electron chi connectivity index (χ3n) is 8.28. The van der Waals surface area contributed by atoms with E-state index in [4.69, 9.17) is 0 Å². The van der Waals surface area contributed by atoms with Crippen LogP contribution in [0, 0.1) is 0 Å². The van der Waals surface area contributed by atoms with Crippen LogP contribution in [0.1, 0.15) is 0 Å². The van der Waals surface area contributed by atoms with E-state index in [1.807, 2.05) is 18.2 Å². The number of anilines is 8. The van der Waals surface area contributed by atoms with Crippen LogP contribution in [0.25, 0.3) is 0 Å². The molecule has 8 rings (SSSR count). The van der Waals surface area contributed by atoms with E-state index >= 15 is 0 Å². The second-order valence-electron chi connectivity index (χ2n) is 10.3. The Balaban J connectivity index is 1.54. The van der Waals surface area contributed by atoms with Gasteiger partial charge in [-0.15, -0.1) is 0 Å². The van der Waals surface area contributed by atoms with Crippen LogP contribution < -0.4 is 31.1 Å². The second-order valence-corrected chi connectivity index (χ2v) is 10.3. The minimum absolute atomic E-state index is 0.106. The van der Waals surface area contributed by atoms with Gasteiger partial charge in [-0.1, -0.05) is 73.8 Å². The van der Waals surface area contributed by atoms with Crippen molar-refractivity contribution >= 4 is 68.6 Å². The molecule has 40 heavy (non-hydrogen) atoms. The highest BCUT2D eigenvalue weighted by molar-refractivity contribution is 7.02. The SMILES string of the molecule is C=C/C=C(\C=C)N1c2cccc3c2B2c4c1cccc4N(c1ccccc1)c1cccc(c12)N3c1ccccc1. The number of para-hydroxylation sites is 2. The molecule has 0 fully saturated rings. The predicted octanol–water partition coefficient (Wildman–Crippen LogP) is 7.48. The molecule has 3 aliphatic heterocycles. The molecule has 0 aromatic heterocycles. The highest BCUT2D eigenvalue weighted by Crippen LogP contribution is 2.48. The van der Waals surface area contributed by atoms with Crippen molar-refractivity contribution in [3.05, 3.63) is 152 Å². The van der Waals surface area contributed by atoms with Gasteiger partial charge in [-0.05, 0) is 89.2 Å². The van der Waals surface area contributed by atoms with Crippen LogP contribution in [0.3, 0.4) is 0 Å². The van der Waals surface area contributed by atoms with E-state index in [9.17, 15) is 0 Å². The fourth-order valence-electron chi connectivity index (χ4n) is 6.85. The van der Waals surface area contributed by atoms with Gasteiger partial charge in [0.25, 0.3) is 6.71 Å². The lowest BCUT2D eigenvalue weighted by molar-refractivity contribution is 1.19. The average molecular weight is 511 g/mol. The van der Waals surface area contributed by atoms with Gasteiger partial charge in [-0.3, -0.25) is 0 Å². The van der Waals surface area contributed by atoms with Crippen molar-refractivity contribution in [1.29, 1.82) is 0 Å². The highest BCUT2D eigenvalue weighted by atomic mass is 15.2. The molecule has 4 heteroatoms. The van der Waals surface area contributed by atoms with Crippen molar-refractivity contribution in [2.45, 2.75) is 0 Å². The van der Waals surface area contributed by atoms with E-state index in [1.54, 1.807) is 0 Å². The summed E-state index contributed by atoms with van der Waals surface area (Å²) >= 11 is 0. The summed E-state index contributed by atoms with van der Waals surface area (Å²) < 4.78 is 0. The Bertz CT molecular complexity index is 1740. The molecule has 0 atom stereocenters. The van der Waals surface area contributed by atoms with Gasteiger partial charge in [0.2, 0.25) is 0 Å². The van der Waals surface area contributed by atoms with Crippen LogP contribution in [0.15, 0.2) is 152 Å². The second kappa shape index (κ2) is 8.65. The lowest BCUT2D eigenvalue weighted by Gasteiger charge is -2.49. The maximum absolute atomic E-state index is 4.19. The minimum Gasteiger partial charge on any atom is -0.311 e. The number of nitrogens with zero attached hydrogens (tertiary/aromatic N) is 3. The summed E-state index contributed by atoms with van der Waals surface area (Å²) in [7, 11) is 0. The quantitative estimate of drug-likeness (QED) is 0.175. The zero-order valence-electron chi connectivity index (χ0n) is 22.0. The lowest BCUT2D eigenvalue weighted by Crippen LogP contribution is -2.65. The molecule has 0 saturated heterocycles. The molecular weight excluding hydrogens is 485 g/mol. The van der Waals surface area contributed by atoms with Crippen molar-refractivity contribution in [3.8, 4) is 0 Å². The Labute approximate surface area is 235 Å². The van der Waals surface area contributed by atoms with Gasteiger partial charge in [0.15, 0.2) is 0 Å². The standard InChI is InChI=1S/C36H26BN3/c1-3-14-25(4-2)38-28-19-11-21-30-34(28)37-35-29(38)20-12-22-31(35)40(27-17-9-6-10-18-27)33-24-13-23-32(36(33)37)39(30)26-15-7-5-8-16-26/h3-24H,1-2H2/b25-14+. The van der Waals surface area contributed by atoms with Crippen LogP contribution in [0.5, 0.6) is 0 Å². The summed E-state index contributed by atoms with van der Waals surface area (Å²) in [5, 5.41) is 0. The zero-order valence-corrected chi connectivity index (χ0v) is 22.0. The summed E-state index contributed by atoms with van der Waals surface area (Å²) in [4.78, 5) is 7.21. The molecule has 0 radical (unpaired) electrons. The van der Waals surface area contributed by atoms with Crippen LogP contribution in [0.4, 0.5) is 45.5 Å². The van der Waals surface area contributed by atoms with E-state index < -0.39 is 0 Å². The molecule has 0 bridgehead atoms. The molecule has 5 aromatic carbocycles. The first kappa shape index (κ1) is 22.7. The van der Waals surface area contributed by atoms with Gasteiger partial charge in [0.1, 0.15) is 0 Å². The minimum atomic E-state index is 0.106. The number of hydrogen-bond donors (Lipinski definition) is 0. The molecule has 0 unspecified atom stereocenters. The summed E-state index contributed by atoms with van der Waals surface area (Å²) in [5.41, 5.74) is 14.5. The van der Waals surface area contributed by atoms with Crippen LogP contribution in [-0.2, 0) is 0 Å². The predicted molar refractivity (Wildman–Crippen MR) is 171 cm³/mol. The van der Waals surface area contributed by atoms with Crippen molar-refractivity contribution in [2.24, 2.45) is 0 Å². The summed E-state index contributed by atoms with van der Waals surface area (Å²) in [6, 6.07) is 41.5. The van der Waals surface area contributed by atoms with Crippen molar-refractivity contribution in [1.82, 2.24) is 0 Å². The molecule has 3 nitrogen and oxygen atoms in total. The van der Waals surface area contributed by atoms with Crippen LogP contribution in [0.2, 0.25) is 0 Å². The van der Waals surface area contributed by atoms with Crippen molar-refractivity contribution < 1.29 is 0 Å². The van der Waals surface area contributed by atoms with Crippen LogP contribution in [-0.4, -0.2) is 6.71 Å². The van der Waals surface area contributed by atoms with Gasteiger partial charge < -0.3 is 14.7 Å². The largest absolute Gasteiger partial charge is 0.311 e. The molecule has 0 saturated carbocycles. The molecular formula is C36H26BN3. The molecule has 0 aliphatic carbocycles. The Morgan fingerprint density at radius 2 is 0.900 bits per heavy atom. The first-order valence-electron chi connectivity index (χ1n) is 13.7. The topological polar surface area (TPSA) is 9.72 Å². The number of benzene rings is 5. The summed E-state index contributed by atoms with van der Waals surface area (Å²) in [6.07, 6.45) is 5.81. The molecule has 0 spiro atoms. The Kier molecular flexibility index (Phi) is 4.92. The molecule has 3 heterocycles. The smallest absolute Gasteiger partial charge is 0.257 e. The monoisotopic (exact) mass is 511 g/mol. The van der Waals surface area contributed by atoms with E-state index in [-0.39, 0.29) is 6.71 Å². The fourth-order valence-corrected chi connectivity index (χ4v) is 6.85. The van der Waals surface area contributed by atoms with Gasteiger partial charge in [0, 0.05) is 51.2 Å². The lowest BCUT2D eigenvalue weighted by atomic mass is 9.32. The number of rotatable bonds is 5. The molecule has 0 N–H and O–H groups in total. The molecule has 3 aliphatic rings. The third-order valence-corrected chi connectivity index (χ3v) is 8.28. The maximum atomic E-state index is 4.19. The van der Waals surface area contributed by atoms with Crippen LogP contribution >= 0.6 is 0 Å². The van der Waals surface area contributed by atoms with E-state index in [0.717, 1.165) is 17.1 Å². The zero-order chi connectivity index (χ0) is 26.8. The van der Waals surface area contributed by atoms with Gasteiger partial charge in [-0.2, -0.15) is 0 Å². The Morgan fingerprint density at radius 3 is 1.30 bits per heavy atom. The Hall–Kier alpha value is -5.22. The van der Waals surface area contributed by atoms with E-state index in [1.165, 1.54) is 50.5 Å². The number of hydrogen-bond acceptors (Lipinski definition) is 3. The molecule has 0 amide bonds. The summed E-state index contributed by atoms with van der Waals surface area (Å²) in [6.45, 7) is 8.31. The first-order chi connectivity index (χ1) is 19.8. The first-order valence-corrected chi connectivity index (χ1v) is 13.7. The van der Waals surface area contributed by atoms with Crippen molar-refractivity contribution in [3.63, 3.8) is 0 Å². The average Bonchev–Trinajstić information content (AvgIpc) is 3.01. The molecule has 5 aromatic rings. The number of allylic oxidation sites excluding steroid dienone is 3. The summed E-state index contributed by atoms with van der Waals surface area (Å²) in [5.74, 6) is 0. The third kappa shape index (κ3) is 2.96. The van der Waals surface area contributed by atoms with Gasteiger partial charge >= 0.3 is 0 Å². The Morgan fingerprint density at radius 1 is 0.500 bits per heavy atom. The van der Waals surface area contributed by atoms with Gasteiger partial charge in [0.05, 0.1) is 0 Å². The van der Waals surface area contributed by atoms with E-state index in [0.29, 0.717) is 0 Å². The van der Waals surface area contributed by atoms with Crippen molar-refractivity contribution in [2.75, 3.05) is 14.7 Å². The fraction of sp³-hybridized carbons (Fsp3) is 0. The highest BCUT2D eigenvalue weighted by Gasteiger charge is 2.48. The normalized spacial score (nSPS) is 14.2. The molecule has 188 valence electrons. The van der Waals surface area contributed by atoms with Gasteiger partial charge in [-0.25, -0.2) is 0 Å². The maximum Gasteiger partial charge on any atom is 0.257 e.